The van der Waals surface area contributed by atoms with Gasteiger partial charge >= 0.3 is 5.97 Å². The minimum Gasteiger partial charge on any atom is -0.481 e. The largest absolute Gasteiger partial charge is 0.481 e. The van der Waals surface area contributed by atoms with E-state index in [0.717, 1.165) is 76.1 Å². The maximum atomic E-state index is 11.3. The van der Waals surface area contributed by atoms with Crippen LogP contribution >= 0.6 is 0 Å². The summed E-state index contributed by atoms with van der Waals surface area (Å²) in [6.45, 7) is 4.64. The summed E-state index contributed by atoms with van der Waals surface area (Å²) in [4.78, 5) is 18.6. The van der Waals surface area contributed by atoms with Crippen molar-refractivity contribution < 1.29 is 14.6 Å². The number of piperidine rings is 1. The van der Waals surface area contributed by atoms with Gasteiger partial charge in [0.2, 0.25) is 0 Å². The molecule has 0 unspecified atom stereocenters. The molecule has 2 atom stereocenters. The first-order valence-electron chi connectivity index (χ1n) is 12.5. The zero-order valence-corrected chi connectivity index (χ0v) is 19.5. The Morgan fingerprint density at radius 3 is 2.91 bits per heavy atom. The summed E-state index contributed by atoms with van der Waals surface area (Å²) in [6, 6.07) is 14.3. The average Bonchev–Trinajstić information content (AvgIpc) is 2.85. The Hall–Kier alpha value is -2.44. The number of aliphatic carboxylic acids is 1. The lowest BCUT2D eigenvalue weighted by molar-refractivity contribution is -0.138. The van der Waals surface area contributed by atoms with Gasteiger partial charge in [0.25, 0.3) is 0 Å². The van der Waals surface area contributed by atoms with Crippen molar-refractivity contribution in [2.24, 2.45) is 0 Å². The van der Waals surface area contributed by atoms with Crippen LogP contribution in [0.3, 0.4) is 0 Å². The normalized spacial score (nSPS) is 19.5. The highest BCUT2D eigenvalue weighted by Gasteiger charge is 2.23. The molecule has 4 rings (SSSR count). The summed E-state index contributed by atoms with van der Waals surface area (Å²) >= 11 is 0. The van der Waals surface area contributed by atoms with Gasteiger partial charge < -0.3 is 20.1 Å². The van der Waals surface area contributed by atoms with E-state index in [2.05, 4.69) is 22.3 Å². The van der Waals surface area contributed by atoms with Gasteiger partial charge in [-0.05, 0) is 75.2 Å². The van der Waals surface area contributed by atoms with Crippen molar-refractivity contribution in [3.63, 3.8) is 0 Å². The first-order valence-corrected chi connectivity index (χ1v) is 12.5. The fourth-order valence-corrected chi connectivity index (χ4v) is 4.96. The molecule has 1 saturated heterocycles. The Kier molecular flexibility index (Phi) is 8.72. The first kappa shape index (κ1) is 23.7. The highest BCUT2D eigenvalue weighted by atomic mass is 16.5. The number of carboxylic acid groups (broad SMARTS) is 1. The Labute approximate surface area is 197 Å². The lowest BCUT2D eigenvalue weighted by Gasteiger charge is -2.33. The number of carboxylic acids is 1. The molecule has 178 valence electrons. The van der Waals surface area contributed by atoms with Gasteiger partial charge in [-0.25, -0.2) is 4.98 Å². The van der Waals surface area contributed by atoms with Crippen molar-refractivity contribution in [3.05, 3.63) is 59.3 Å². The number of aryl methyl sites for hydroxylation is 2. The van der Waals surface area contributed by atoms with Crippen LogP contribution in [0, 0.1) is 0 Å². The third kappa shape index (κ3) is 7.27. The highest BCUT2D eigenvalue weighted by Crippen LogP contribution is 2.23. The van der Waals surface area contributed by atoms with Gasteiger partial charge in [0.1, 0.15) is 5.82 Å². The second-order valence-corrected chi connectivity index (χ2v) is 9.40. The third-order valence-corrected chi connectivity index (χ3v) is 6.80. The van der Waals surface area contributed by atoms with Crippen LogP contribution in [0.25, 0.3) is 0 Å². The molecular formula is C27H37N3O3. The monoisotopic (exact) mass is 451 g/mol. The summed E-state index contributed by atoms with van der Waals surface area (Å²) in [5.74, 6) is 0.214. The van der Waals surface area contributed by atoms with Gasteiger partial charge in [-0.2, -0.15) is 0 Å². The van der Waals surface area contributed by atoms with Crippen molar-refractivity contribution in [2.75, 3.05) is 38.1 Å². The predicted molar refractivity (Wildman–Crippen MR) is 131 cm³/mol. The summed E-state index contributed by atoms with van der Waals surface area (Å²) in [6.07, 6.45) is 8.13. The minimum atomic E-state index is -0.776. The molecule has 0 bridgehead atoms. The molecule has 1 aromatic heterocycles. The van der Waals surface area contributed by atoms with Crippen LogP contribution in [0.15, 0.2) is 42.5 Å². The van der Waals surface area contributed by atoms with E-state index in [1.54, 1.807) is 0 Å². The van der Waals surface area contributed by atoms with Crippen molar-refractivity contribution >= 4 is 11.8 Å². The Balaban J connectivity index is 1.19. The summed E-state index contributed by atoms with van der Waals surface area (Å²) in [5.41, 5.74) is 3.58. The molecule has 2 aliphatic heterocycles. The average molecular weight is 452 g/mol. The molecule has 0 radical (unpaired) electrons. The van der Waals surface area contributed by atoms with E-state index >= 15 is 0 Å². The molecule has 3 heterocycles. The third-order valence-electron chi connectivity index (χ3n) is 6.80. The second kappa shape index (κ2) is 12.1. The molecule has 0 saturated carbocycles. The number of rotatable bonds is 11. The van der Waals surface area contributed by atoms with Gasteiger partial charge in [0.05, 0.1) is 19.1 Å². The van der Waals surface area contributed by atoms with E-state index in [4.69, 9.17) is 9.72 Å². The molecule has 2 aromatic rings. The number of hydrogen-bond acceptors (Lipinski definition) is 5. The number of unbranched alkanes of at least 4 members (excludes halogenated alkanes) is 1. The SMILES string of the molecule is O=C(O)C[C@@H](CO[C@@H]1CCCN(CCCCc2ccc3c(n2)NCCC3)C1)c1ccccc1. The summed E-state index contributed by atoms with van der Waals surface area (Å²) < 4.78 is 6.24. The minimum absolute atomic E-state index is 0.0994. The van der Waals surface area contributed by atoms with Crippen molar-refractivity contribution in [3.8, 4) is 0 Å². The Morgan fingerprint density at radius 2 is 2.06 bits per heavy atom. The number of aromatic nitrogens is 1. The van der Waals surface area contributed by atoms with Crippen molar-refractivity contribution in [2.45, 2.75) is 63.4 Å². The number of pyridine rings is 1. The van der Waals surface area contributed by atoms with Crippen LogP contribution in [0.2, 0.25) is 0 Å². The molecule has 1 aromatic carbocycles. The van der Waals surface area contributed by atoms with Crippen LogP contribution in [-0.2, 0) is 22.4 Å². The lowest BCUT2D eigenvalue weighted by atomic mass is 9.96. The van der Waals surface area contributed by atoms with E-state index in [-0.39, 0.29) is 18.4 Å². The Bertz CT molecular complexity index is 889. The van der Waals surface area contributed by atoms with Gasteiger partial charge in [0, 0.05) is 24.7 Å². The van der Waals surface area contributed by atoms with Crippen LogP contribution in [0.1, 0.15) is 61.3 Å². The number of carbonyl (C=O) groups is 1. The number of nitrogens with one attached hydrogen (secondary N) is 1. The van der Waals surface area contributed by atoms with Crippen LogP contribution in [0.5, 0.6) is 0 Å². The number of fused-ring (bicyclic) bond motifs is 1. The number of nitrogens with zero attached hydrogens (tertiary/aromatic N) is 2. The fourth-order valence-electron chi connectivity index (χ4n) is 4.96. The maximum Gasteiger partial charge on any atom is 0.304 e. The van der Waals surface area contributed by atoms with Gasteiger partial charge in [-0.3, -0.25) is 4.79 Å². The zero-order valence-electron chi connectivity index (χ0n) is 19.5. The second-order valence-electron chi connectivity index (χ2n) is 9.40. The van der Waals surface area contributed by atoms with E-state index < -0.39 is 5.97 Å². The maximum absolute atomic E-state index is 11.3. The summed E-state index contributed by atoms with van der Waals surface area (Å²) in [7, 11) is 0. The van der Waals surface area contributed by atoms with Crippen LogP contribution in [0.4, 0.5) is 5.82 Å². The number of hydrogen-bond donors (Lipinski definition) is 2. The highest BCUT2D eigenvalue weighted by molar-refractivity contribution is 5.68. The van der Waals surface area contributed by atoms with E-state index in [1.807, 2.05) is 30.3 Å². The van der Waals surface area contributed by atoms with E-state index in [1.165, 1.54) is 17.7 Å². The smallest absolute Gasteiger partial charge is 0.304 e. The molecule has 0 amide bonds. The standard InChI is InChI=1S/C27H37N3O3/c31-26(32)18-23(21-8-2-1-3-9-21)20-33-25-12-7-17-30(19-25)16-5-4-11-24-14-13-22-10-6-15-28-27(22)29-24/h1-3,8-9,13-14,23,25H,4-7,10-12,15-20H2,(H,28,29)(H,31,32)/t23-,25+/m0/s1. The van der Waals surface area contributed by atoms with E-state index in [0.29, 0.717) is 6.61 Å². The fraction of sp³-hybridized carbons (Fsp3) is 0.556. The molecule has 2 aliphatic rings. The van der Waals surface area contributed by atoms with Crippen LogP contribution < -0.4 is 5.32 Å². The number of anilines is 1. The van der Waals surface area contributed by atoms with Crippen LogP contribution in [-0.4, -0.2) is 59.8 Å². The topological polar surface area (TPSA) is 74.7 Å². The Morgan fingerprint density at radius 1 is 1.18 bits per heavy atom. The molecule has 6 heteroatoms. The van der Waals surface area contributed by atoms with Gasteiger partial charge in [0.15, 0.2) is 0 Å². The lowest BCUT2D eigenvalue weighted by Crippen LogP contribution is -2.40. The molecule has 2 N–H and O–H groups in total. The van der Waals surface area contributed by atoms with E-state index in [9.17, 15) is 9.90 Å². The molecule has 0 aliphatic carbocycles. The quantitative estimate of drug-likeness (QED) is 0.490. The van der Waals surface area contributed by atoms with Gasteiger partial charge in [-0.1, -0.05) is 36.4 Å². The molecule has 0 spiro atoms. The molecule has 33 heavy (non-hydrogen) atoms. The zero-order chi connectivity index (χ0) is 22.9. The first-order chi connectivity index (χ1) is 16.2. The molecule has 1 fully saturated rings. The number of ether oxygens (including phenoxy) is 1. The summed E-state index contributed by atoms with van der Waals surface area (Å²) in [5, 5.41) is 12.7. The number of likely N-dealkylation sites (tertiary alicyclic amines) is 1. The molecule has 6 nitrogen and oxygen atoms in total. The predicted octanol–water partition coefficient (Wildman–Crippen LogP) is 4.50. The molecular weight excluding hydrogens is 414 g/mol. The van der Waals surface area contributed by atoms with Crippen molar-refractivity contribution in [1.82, 2.24) is 9.88 Å². The van der Waals surface area contributed by atoms with Crippen molar-refractivity contribution in [1.29, 1.82) is 0 Å². The number of benzene rings is 1. The van der Waals surface area contributed by atoms with Gasteiger partial charge in [-0.15, -0.1) is 0 Å².